The van der Waals surface area contributed by atoms with Crippen LogP contribution >= 0.6 is 0 Å². The first-order valence-electron chi connectivity index (χ1n) is 8.55. The Labute approximate surface area is 164 Å². The van der Waals surface area contributed by atoms with Crippen molar-refractivity contribution in [3.63, 3.8) is 0 Å². The third-order valence-corrected chi connectivity index (χ3v) is 3.66. The minimum absolute atomic E-state index is 0.154. The molecule has 2 aromatic rings. The van der Waals surface area contributed by atoms with Crippen molar-refractivity contribution in [1.29, 1.82) is 0 Å². The van der Waals surface area contributed by atoms with Crippen LogP contribution in [0, 0.1) is 0 Å². The van der Waals surface area contributed by atoms with Crippen molar-refractivity contribution in [3.8, 4) is 11.5 Å². The molecule has 0 amide bonds. The van der Waals surface area contributed by atoms with Gasteiger partial charge < -0.3 is 18.9 Å². The highest BCUT2D eigenvalue weighted by atomic mass is 16.5. The molecule has 0 aliphatic heterocycles. The number of hydrogen-bond acceptors (Lipinski definition) is 6. The van der Waals surface area contributed by atoms with Gasteiger partial charge in [0.25, 0.3) is 0 Å². The molecular weight excluding hydrogens is 360 g/mol. The van der Waals surface area contributed by atoms with Crippen LogP contribution in [0.15, 0.2) is 72.8 Å². The molecule has 0 aliphatic rings. The fourth-order valence-corrected chi connectivity index (χ4v) is 2.12. The number of rotatable bonds is 9. The van der Waals surface area contributed by atoms with Gasteiger partial charge in [-0.25, -0.2) is 9.59 Å². The van der Waals surface area contributed by atoms with Crippen molar-refractivity contribution < 1.29 is 28.5 Å². The first kappa shape index (κ1) is 20.8. The highest BCUT2D eigenvalue weighted by Crippen LogP contribution is 2.13. The van der Waals surface area contributed by atoms with Crippen LogP contribution in [0.2, 0.25) is 0 Å². The summed E-state index contributed by atoms with van der Waals surface area (Å²) in [5.74, 6) is 0.456. The number of carbonyl (C=O) groups is 2. The van der Waals surface area contributed by atoms with Crippen LogP contribution in [-0.2, 0) is 32.3 Å². The van der Waals surface area contributed by atoms with Gasteiger partial charge in [0.2, 0.25) is 0 Å². The van der Waals surface area contributed by atoms with Gasteiger partial charge in [-0.15, -0.1) is 0 Å². The largest absolute Gasteiger partial charge is 0.497 e. The Balaban J connectivity index is 1.68. The maximum atomic E-state index is 11.7. The molecule has 0 aliphatic carbocycles. The maximum absolute atomic E-state index is 11.7. The molecule has 2 rings (SSSR count). The summed E-state index contributed by atoms with van der Waals surface area (Å²) >= 11 is 0. The summed E-state index contributed by atoms with van der Waals surface area (Å²) in [4.78, 5) is 23.3. The minimum atomic E-state index is -0.507. The smallest absolute Gasteiger partial charge is 0.331 e. The lowest BCUT2D eigenvalue weighted by atomic mass is 10.2. The van der Waals surface area contributed by atoms with Gasteiger partial charge in [0.1, 0.15) is 24.7 Å². The van der Waals surface area contributed by atoms with Crippen molar-refractivity contribution >= 4 is 11.9 Å². The van der Waals surface area contributed by atoms with Crippen molar-refractivity contribution in [1.82, 2.24) is 0 Å². The maximum Gasteiger partial charge on any atom is 0.331 e. The summed E-state index contributed by atoms with van der Waals surface area (Å²) in [7, 11) is 3.17. The van der Waals surface area contributed by atoms with E-state index in [1.165, 1.54) is 24.3 Å². The van der Waals surface area contributed by atoms with Crippen LogP contribution in [0.1, 0.15) is 11.1 Å². The molecule has 0 spiro atoms. The number of methoxy groups -OCH3 is 2. The molecule has 0 saturated carbocycles. The zero-order chi connectivity index (χ0) is 20.2. The normalized spacial score (nSPS) is 10.8. The van der Waals surface area contributed by atoms with E-state index in [2.05, 4.69) is 0 Å². The minimum Gasteiger partial charge on any atom is -0.497 e. The number of ether oxygens (including phenoxy) is 4. The standard InChI is InChI=1S/C22H22O6/c1-25-19-11-7-17(8-12-19)15-27-21(23)5-3-4-6-22(24)28-16-18-9-13-20(26-2)14-10-18/h3-14H,15-16H2,1-2H3. The third kappa shape index (κ3) is 7.37. The number of allylic oxidation sites excluding steroid dienone is 2. The second-order valence-electron chi connectivity index (χ2n) is 5.63. The summed E-state index contributed by atoms with van der Waals surface area (Å²) in [6, 6.07) is 14.4. The number of hydrogen-bond donors (Lipinski definition) is 0. The predicted molar refractivity (Wildman–Crippen MR) is 104 cm³/mol. The van der Waals surface area contributed by atoms with E-state index in [9.17, 15) is 9.59 Å². The van der Waals surface area contributed by atoms with Crippen LogP contribution in [0.5, 0.6) is 11.5 Å². The molecule has 28 heavy (non-hydrogen) atoms. The molecule has 0 N–H and O–H groups in total. The zero-order valence-electron chi connectivity index (χ0n) is 15.8. The Hall–Kier alpha value is -3.54. The Morgan fingerprint density at radius 3 is 1.36 bits per heavy atom. The van der Waals surface area contributed by atoms with E-state index in [0.29, 0.717) is 0 Å². The molecule has 0 radical (unpaired) electrons. The van der Waals surface area contributed by atoms with Crippen LogP contribution in [0.3, 0.4) is 0 Å². The van der Waals surface area contributed by atoms with Gasteiger partial charge in [-0.3, -0.25) is 0 Å². The van der Waals surface area contributed by atoms with E-state index in [1.807, 2.05) is 24.3 Å². The summed E-state index contributed by atoms with van der Waals surface area (Å²) in [5.41, 5.74) is 1.69. The molecule has 0 saturated heterocycles. The monoisotopic (exact) mass is 382 g/mol. The lowest BCUT2D eigenvalue weighted by Gasteiger charge is -2.04. The molecular formula is C22H22O6. The fourth-order valence-electron chi connectivity index (χ4n) is 2.12. The molecule has 0 unspecified atom stereocenters. The van der Waals surface area contributed by atoms with Crippen molar-refractivity contribution in [3.05, 3.63) is 84.0 Å². The summed E-state index contributed by atoms with van der Waals surface area (Å²) < 4.78 is 20.3. The average Bonchev–Trinajstić information content (AvgIpc) is 2.74. The molecule has 0 fully saturated rings. The number of benzene rings is 2. The van der Waals surface area contributed by atoms with Gasteiger partial charge in [0.15, 0.2) is 0 Å². The predicted octanol–water partition coefficient (Wildman–Crippen LogP) is 3.60. The van der Waals surface area contributed by atoms with Crippen LogP contribution in [0.25, 0.3) is 0 Å². The highest BCUT2D eigenvalue weighted by Gasteiger charge is 2.00. The van der Waals surface area contributed by atoms with Gasteiger partial charge >= 0.3 is 11.9 Å². The van der Waals surface area contributed by atoms with E-state index in [-0.39, 0.29) is 13.2 Å². The topological polar surface area (TPSA) is 71.1 Å². The summed E-state index contributed by atoms with van der Waals surface area (Å²) in [6.07, 6.45) is 5.31. The van der Waals surface area contributed by atoms with Crippen LogP contribution < -0.4 is 9.47 Å². The average molecular weight is 382 g/mol. The molecule has 0 heterocycles. The first-order chi connectivity index (χ1) is 13.6. The van der Waals surface area contributed by atoms with E-state index in [4.69, 9.17) is 18.9 Å². The number of esters is 2. The lowest BCUT2D eigenvalue weighted by molar-refractivity contribution is -0.140. The van der Waals surface area contributed by atoms with Gasteiger partial charge in [0.05, 0.1) is 14.2 Å². The van der Waals surface area contributed by atoms with Crippen molar-refractivity contribution in [2.24, 2.45) is 0 Å². The Bertz CT molecular complexity index is 748. The van der Waals surface area contributed by atoms with E-state index in [0.717, 1.165) is 22.6 Å². The second-order valence-corrected chi connectivity index (χ2v) is 5.63. The SMILES string of the molecule is COc1ccc(COC(=O)C=CC=CC(=O)OCc2ccc(OC)cc2)cc1. The van der Waals surface area contributed by atoms with E-state index in [1.54, 1.807) is 38.5 Å². The quantitative estimate of drug-likeness (QED) is 0.375. The second kappa shape index (κ2) is 11.2. The molecule has 6 heteroatoms. The molecule has 6 nitrogen and oxygen atoms in total. The van der Waals surface area contributed by atoms with Gasteiger partial charge in [-0.1, -0.05) is 36.4 Å². The van der Waals surface area contributed by atoms with Gasteiger partial charge in [-0.2, -0.15) is 0 Å². The lowest BCUT2D eigenvalue weighted by Crippen LogP contribution is -2.01. The molecule has 0 bridgehead atoms. The Morgan fingerprint density at radius 2 is 1.04 bits per heavy atom. The van der Waals surface area contributed by atoms with E-state index < -0.39 is 11.9 Å². The number of carbonyl (C=O) groups excluding carboxylic acids is 2. The van der Waals surface area contributed by atoms with Crippen LogP contribution in [-0.4, -0.2) is 26.2 Å². The third-order valence-electron chi connectivity index (χ3n) is 3.66. The zero-order valence-corrected chi connectivity index (χ0v) is 15.8. The molecule has 0 aromatic heterocycles. The molecule has 0 atom stereocenters. The summed E-state index contributed by atoms with van der Waals surface area (Å²) in [6.45, 7) is 0.307. The Morgan fingerprint density at radius 1 is 0.679 bits per heavy atom. The van der Waals surface area contributed by atoms with Crippen molar-refractivity contribution in [2.75, 3.05) is 14.2 Å². The fraction of sp³-hybridized carbons (Fsp3) is 0.182. The highest BCUT2D eigenvalue weighted by molar-refractivity contribution is 5.84. The van der Waals surface area contributed by atoms with E-state index >= 15 is 0 Å². The van der Waals surface area contributed by atoms with Gasteiger partial charge in [-0.05, 0) is 35.4 Å². The summed E-state index contributed by atoms with van der Waals surface area (Å²) in [5, 5.41) is 0. The molecule has 2 aromatic carbocycles. The van der Waals surface area contributed by atoms with Crippen molar-refractivity contribution in [2.45, 2.75) is 13.2 Å². The first-order valence-corrected chi connectivity index (χ1v) is 8.55. The van der Waals surface area contributed by atoms with Crippen LogP contribution in [0.4, 0.5) is 0 Å². The van der Waals surface area contributed by atoms with Gasteiger partial charge in [0, 0.05) is 12.2 Å². The Kier molecular flexibility index (Phi) is 8.33. The molecule has 146 valence electrons.